The maximum Gasteiger partial charge on any atom is 0.159 e. The normalized spacial score (nSPS) is 9.40. The van der Waals surface area contributed by atoms with E-state index in [0.29, 0.717) is 12.0 Å². The smallest absolute Gasteiger partial charge is 0.159 e. The van der Waals surface area contributed by atoms with E-state index in [1.807, 2.05) is 6.92 Å². The zero-order chi connectivity index (χ0) is 7.98. The van der Waals surface area contributed by atoms with Crippen LogP contribution in [0.15, 0.2) is 12.2 Å². The third-order valence-electron chi connectivity index (χ3n) is 1.25. The van der Waals surface area contributed by atoms with Gasteiger partial charge in [0.1, 0.15) is 0 Å². The third kappa shape index (κ3) is 4.27. The average Bonchev–Trinajstić information content (AvgIpc) is 1.88. The number of hydrogen-bond donors (Lipinski definition) is 1. The fourth-order valence-electron chi connectivity index (χ4n) is 0.592. The molecular weight excluding hydrogens is 126 g/mol. The minimum Gasteiger partial charge on any atom is -0.317 e. The molecule has 0 amide bonds. The van der Waals surface area contributed by atoms with E-state index < -0.39 is 0 Å². The standard InChI is InChI=1S/C8H15NO/c1-4-9-6-5-8(10)7(2)3/h9H,2,4-6H2,1,3H3. The topological polar surface area (TPSA) is 29.1 Å². The van der Waals surface area contributed by atoms with E-state index in [2.05, 4.69) is 11.9 Å². The summed E-state index contributed by atoms with van der Waals surface area (Å²) in [7, 11) is 0. The Balaban J connectivity index is 3.31. The van der Waals surface area contributed by atoms with E-state index in [1.54, 1.807) is 6.92 Å². The Morgan fingerprint density at radius 1 is 1.60 bits per heavy atom. The van der Waals surface area contributed by atoms with Crippen LogP contribution in [0.2, 0.25) is 0 Å². The number of Topliss-reactive ketones (excluding diaryl/α,β-unsaturated/α-hetero) is 1. The van der Waals surface area contributed by atoms with Crippen molar-refractivity contribution in [2.24, 2.45) is 0 Å². The second kappa shape index (κ2) is 5.18. The second-order valence-electron chi connectivity index (χ2n) is 2.31. The van der Waals surface area contributed by atoms with Crippen molar-refractivity contribution in [3.63, 3.8) is 0 Å². The van der Waals surface area contributed by atoms with E-state index in [-0.39, 0.29) is 5.78 Å². The van der Waals surface area contributed by atoms with Crippen LogP contribution in [0.5, 0.6) is 0 Å². The molecule has 0 saturated heterocycles. The van der Waals surface area contributed by atoms with Crippen LogP contribution in [-0.2, 0) is 4.79 Å². The Kier molecular flexibility index (Phi) is 4.85. The Morgan fingerprint density at radius 3 is 2.60 bits per heavy atom. The SMILES string of the molecule is C=C(C)C(=O)CCNCC. The second-order valence-corrected chi connectivity index (χ2v) is 2.31. The van der Waals surface area contributed by atoms with Crippen LogP contribution in [0.4, 0.5) is 0 Å². The maximum absolute atomic E-state index is 10.9. The molecule has 2 nitrogen and oxygen atoms in total. The zero-order valence-electron chi connectivity index (χ0n) is 6.74. The number of hydrogen-bond acceptors (Lipinski definition) is 2. The summed E-state index contributed by atoms with van der Waals surface area (Å²) in [4.78, 5) is 10.9. The van der Waals surface area contributed by atoms with Crippen molar-refractivity contribution in [2.75, 3.05) is 13.1 Å². The van der Waals surface area contributed by atoms with Gasteiger partial charge in [-0.15, -0.1) is 0 Å². The molecule has 0 fully saturated rings. The van der Waals surface area contributed by atoms with Gasteiger partial charge in [-0.25, -0.2) is 0 Å². The molecule has 10 heavy (non-hydrogen) atoms. The molecule has 0 aromatic rings. The number of allylic oxidation sites excluding steroid dienone is 1. The van der Waals surface area contributed by atoms with Crippen molar-refractivity contribution in [1.29, 1.82) is 0 Å². The molecule has 0 rings (SSSR count). The van der Waals surface area contributed by atoms with E-state index >= 15 is 0 Å². The number of carbonyl (C=O) groups is 1. The first-order valence-electron chi connectivity index (χ1n) is 3.58. The first-order valence-corrected chi connectivity index (χ1v) is 3.58. The van der Waals surface area contributed by atoms with Gasteiger partial charge < -0.3 is 5.32 Å². The Hall–Kier alpha value is -0.630. The van der Waals surface area contributed by atoms with Gasteiger partial charge in [0.05, 0.1) is 0 Å². The summed E-state index contributed by atoms with van der Waals surface area (Å²) in [6, 6.07) is 0. The highest BCUT2D eigenvalue weighted by Gasteiger charge is 1.99. The molecule has 58 valence electrons. The van der Waals surface area contributed by atoms with Crippen molar-refractivity contribution in [3.8, 4) is 0 Å². The highest BCUT2D eigenvalue weighted by atomic mass is 16.1. The molecular formula is C8H15NO. The first-order chi connectivity index (χ1) is 4.68. The van der Waals surface area contributed by atoms with Gasteiger partial charge in [0.15, 0.2) is 5.78 Å². The largest absolute Gasteiger partial charge is 0.317 e. The predicted octanol–water partition coefficient (Wildman–Crippen LogP) is 1.13. The van der Waals surface area contributed by atoms with Crippen molar-refractivity contribution in [3.05, 3.63) is 12.2 Å². The van der Waals surface area contributed by atoms with Crippen molar-refractivity contribution >= 4 is 5.78 Å². The Morgan fingerprint density at radius 2 is 2.20 bits per heavy atom. The molecule has 0 aromatic heterocycles. The molecule has 0 aliphatic heterocycles. The highest BCUT2D eigenvalue weighted by molar-refractivity contribution is 5.94. The van der Waals surface area contributed by atoms with Gasteiger partial charge in [0, 0.05) is 13.0 Å². The zero-order valence-corrected chi connectivity index (χ0v) is 6.74. The summed E-state index contributed by atoms with van der Waals surface area (Å²) in [5.41, 5.74) is 0.651. The molecule has 0 aliphatic rings. The van der Waals surface area contributed by atoms with Crippen molar-refractivity contribution < 1.29 is 4.79 Å². The van der Waals surface area contributed by atoms with E-state index in [4.69, 9.17) is 0 Å². The fourth-order valence-corrected chi connectivity index (χ4v) is 0.592. The Labute approximate surface area is 62.3 Å². The molecule has 0 bridgehead atoms. The van der Waals surface area contributed by atoms with Crippen LogP contribution in [0.3, 0.4) is 0 Å². The summed E-state index contributed by atoms with van der Waals surface area (Å²) in [5, 5.41) is 3.07. The van der Waals surface area contributed by atoms with Gasteiger partial charge in [0.25, 0.3) is 0 Å². The van der Waals surface area contributed by atoms with E-state index in [0.717, 1.165) is 13.1 Å². The molecule has 0 saturated carbocycles. The summed E-state index contributed by atoms with van der Waals surface area (Å²) in [6.45, 7) is 9.01. The Bertz CT molecular complexity index is 129. The fraction of sp³-hybridized carbons (Fsp3) is 0.625. The van der Waals surface area contributed by atoms with Crippen molar-refractivity contribution in [2.45, 2.75) is 20.3 Å². The minimum absolute atomic E-state index is 0.154. The van der Waals surface area contributed by atoms with Crippen LogP contribution < -0.4 is 5.32 Å². The predicted molar refractivity (Wildman–Crippen MR) is 43.0 cm³/mol. The molecule has 0 atom stereocenters. The van der Waals surface area contributed by atoms with Gasteiger partial charge in [-0.1, -0.05) is 13.5 Å². The third-order valence-corrected chi connectivity index (χ3v) is 1.25. The van der Waals surface area contributed by atoms with E-state index in [9.17, 15) is 4.79 Å². The van der Waals surface area contributed by atoms with Crippen LogP contribution >= 0.6 is 0 Å². The quantitative estimate of drug-likeness (QED) is 0.459. The van der Waals surface area contributed by atoms with Crippen LogP contribution in [0, 0.1) is 0 Å². The summed E-state index contributed by atoms with van der Waals surface area (Å²) < 4.78 is 0. The summed E-state index contributed by atoms with van der Waals surface area (Å²) >= 11 is 0. The van der Waals surface area contributed by atoms with Gasteiger partial charge >= 0.3 is 0 Å². The maximum atomic E-state index is 10.9. The average molecular weight is 141 g/mol. The number of ketones is 1. The van der Waals surface area contributed by atoms with Gasteiger partial charge in [-0.2, -0.15) is 0 Å². The monoisotopic (exact) mass is 141 g/mol. The highest BCUT2D eigenvalue weighted by Crippen LogP contribution is 1.92. The molecule has 0 aliphatic carbocycles. The summed E-state index contributed by atoms with van der Waals surface area (Å²) in [6.07, 6.45) is 0.573. The van der Waals surface area contributed by atoms with Gasteiger partial charge in [0.2, 0.25) is 0 Å². The number of rotatable bonds is 5. The van der Waals surface area contributed by atoms with Crippen LogP contribution in [0.1, 0.15) is 20.3 Å². The van der Waals surface area contributed by atoms with Crippen LogP contribution in [0.25, 0.3) is 0 Å². The molecule has 0 spiro atoms. The van der Waals surface area contributed by atoms with Gasteiger partial charge in [-0.05, 0) is 19.0 Å². The summed E-state index contributed by atoms with van der Waals surface area (Å²) in [5.74, 6) is 0.154. The molecule has 2 heteroatoms. The number of carbonyl (C=O) groups excluding carboxylic acids is 1. The molecule has 0 heterocycles. The minimum atomic E-state index is 0.154. The first kappa shape index (κ1) is 9.37. The van der Waals surface area contributed by atoms with Crippen molar-refractivity contribution in [1.82, 2.24) is 5.32 Å². The lowest BCUT2D eigenvalue weighted by atomic mass is 10.2. The van der Waals surface area contributed by atoms with Crippen LogP contribution in [-0.4, -0.2) is 18.9 Å². The van der Waals surface area contributed by atoms with E-state index in [1.165, 1.54) is 0 Å². The number of nitrogens with one attached hydrogen (secondary N) is 1. The lowest BCUT2D eigenvalue weighted by Crippen LogP contribution is -2.17. The molecule has 0 radical (unpaired) electrons. The van der Waals surface area contributed by atoms with Gasteiger partial charge in [-0.3, -0.25) is 4.79 Å². The lowest BCUT2D eigenvalue weighted by molar-refractivity contribution is -0.115. The molecule has 0 aromatic carbocycles. The lowest BCUT2D eigenvalue weighted by Gasteiger charge is -1.99. The molecule has 0 unspecified atom stereocenters. The molecule has 1 N–H and O–H groups in total.